The number of hydrogen-bond acceptors (Lipinski definition) is 3. The SMILES string of the molecule is C#C.CNc1nc2ccccc2o1. The Hall–Kier alpha value is -1.95. The van der Waals surface area contributed by atoms with Gasteiger partial charge in [0.25, 0.3) is 6.01 Å². The van der Waals surface area contributed by atoms with E-state index in [2.05, 4.69) is 23.1 Å². The van der Waals surface area contributed by atoms with Gasteiger partial charge in [0.1, 0.15) is 5.52 Å². The Morgan fingerprint density at radius 2 is 2.00 bits per heavy atom. The molecule has 0 fully saturated rings. The average Bonchev–Trinajstić information content (AvgIpc) is 2.63. The number of aromatic nitrogens is 1. The van der Waals surface area contributed by atoms with Crippen molar-refractivity contribution < 1.29 is 4.42 Å². The Balaban J connectivity index is 0.000000396. The minimum absolute atomic E-state index is 0.561. The first-order chi connectivity index (χ1) is 6.40. The number of nitrogens with one attached hydrogen (secondary N) is 1. The number of fused-ring (bicyclic) bond motifs is 1. The summed E-state index contributed by atoms with van der Waals surface area (Å²) in [6.07, 6.45) is 8.00. The summed E-state index contributed by atoms with van der Waals surface area (Å²) in [7, 11) is 1.78. The van der Waals surface area contributed by atoms with Crippen LogP contribution in [0.2, 0.25) is 0 Å². The Morgan fingerprint density at radius 1 is 1.31 bits per heavy atom. The predicted molar refractivity (Wildman–Crippen MR) is 53.4 cm³/mol. The zero-order valence-corrected chi connectivity index (χ0v) is 7.32. The van der Waals surface area contributed by atoms with E-state index in [0.717, 1.165) is 11.1 Å². The van der Waals surface area contributed by atoms with Crippen molar-refractivity contribution in [1.29, 1.82) is 0 Å². The van der Waals surface area contributed by atoms with E-state index in [1.807, 2.05) is 24.3 Å². The van der Waals surface area contributed by atoms with Crippen LogP contribution in [0.25, 0.3) is 11.1 Å². The monoisotopic (exact) mass is 174 g/mol. The molecule has 1 N–H and O–H groups in total. The number of terminal acetylenes is 1. The average molecular weight is 174 g/mol. The van der Waals surface area contributed by atoms with E-state index in [1.165, 1.54) is 0 Å². The smallest absolute Gasteiger partial charge is 0.295 e. The summed E-state index contributed by atoms with van der Waals surface area (Å²) in [5.41, 5.74) is 1.70. The Morgan fingerprint density at radius 3 is 2.62 bits per heavy atom. The molecular weight excluding hydrogens is 164 g/mol. The van der Waals surface area contributed by atoms with E-state index in [0.29, 0.717) is 6.01 Å². The Kier molecular flexibility index (Phi) is 2.93. The first-order valence-corrected chi connectivity index (χ1v) is 3.77. The first kappa shape index (κ1) is 9.14. The molecule has 2 aromatic rings. The molecule has 0 saturated carbocycles. The molecule has 0 amide bonds. The first-order valence-electron chi connectivity index (χ1n) is 3.77. The van der Waals surface area contributed by atoms with Crippen LogP contribution >= 0.6 is 0 Å². The maximum Gasteiger partial charge on any atom is 0.295 e. The molecule has 1 heterocycles. The molecule has 0 bridgehead atoms. The van der Waals surface area contributed by atoms with Gasteiger partial charge in [0.05, 0.1) is 0 Å². The summed E-state index contributed by atoms with van der Waals surface area (Å²) in [5.74, 6) is 0. The number of anilines is 1. The van der Waals surface area contributed by atoms with E-state index >= 15 is 0 Å². The molecule has 0 aliphatic rings. The second-order valence-electron chi connectivity index (χ2n) is 2.24. The van der Waals surface area contributed by atoms with Crippen LogP contribution in [0.4, 0.5) is 6.01 Å². The van der Waals surface area contributed by atoms with Crippen LogP contribution in [0, 0.1) is 12.8 Å². The third-order valence-corrected chi connectivity index (χ3v) is 1.51. The normalized spacial score (nSPS) is 8.85. The van der Waals surface area contributed by atoms with Crippen molar-refractivity contribution in [1.82, 2.24) is 4.98 Å². The van der Waals surface area contributed by atoms with Crippen LogP contribution in [-0.2, 0) is 0 Å². The fraction of sp³-hybridized carbons (Fsp3) is 0.100. The third kappa shape index (κ3) is 1.79. The molecular formula is C10H10N2O. The van der Waals surface area contributed by atoms with Gasteiger partial charge >= 0.3 is 0 Å². The van der Waals surface area contributed by atoms with Gasteiger partial charge in [-0.1, -0.05) is 12.1 Å². The van der Waals surface area contributed by atoms with Gasteiger partial charge in [-0.15, -0.1) is 12.8 Å². The van der Waals surface area contributed by atoms with Crippen LogP contribution in [0.1, 0.15) is 0 Å². The number of oxazole rings is 1. The van der Waals surface area contributed by atoms with Gasteiger partial charge < -0.3 is 9.73 Å². The van der Waals surface area contributed by atoms with E-state index in [9.17, 15) is 0 Å². The van der Waals surface area contributed by atoms with Crippen molar-refractivity contribution in [3.8, 4) is 12.8 Å². The molecule has 0 aliphatic heterocycles. The van der Waals surface area contributed by atoms with Gasteiger partial charge in [-0.25, -0.2) is 0 Å². The van der Waals surface area contributed by atoms with Crippen molar-refractivity contribution in [2.45, 2.75) is 0 Å². The minimum atomic E-state index is 0.561. The molecule has 2 rings (SSSR count). The molecule has 0 atom stereocenters. The summed E-state index contributed by atoms with van der Waals surface area (Å²) >= 11 is 0. The number of hydrogen-bond donors (Lipinski definition) is 1. The highest BCUT2D eigenvalue weighted by Crippen LogP contribution is 2.16. The quantitative estimate of drug-likeness (QED) is 0.673. The zero-order valence-electron chi connectivity index (χ0n) is 7.32. The van der Waals surface area contributed by atoms with E-state index in [4.69, 9.17) is 4.42 Å². The number of rotatable bonds is 1. The minimum Gasteiger partial charge on any atom is -0.424 e. The van der Waals surface area contributed by atoms with Crippen LogP contribution in [0.15, 0.2) is 28.7 Å². The molecule has 0 spiro atoms. The van der Waals surface area contributed by atoms with Crippen LogP contribution in [-0.4, -0.2) is 12.0 Å². The summed E-state index contributed by atoms with van der Waals surface area (Å²) in [6, 6.07) is 8.23. The summed E-state index contributed by atoms with van der Waals surface area (Å²) in [5, 5.41) is 2.84. The molecule has 3 nitrogen and oxygen atoms in total. The number of nitrogens with zero attached hydrogens (tertiary/aromatic N) is 1. The van der Waals surface area contributed by atoms with Crippen molar-refractivity contribution in [2.75, 3.05) is 12.4 Å². The van der Waals surface area contributed by atoms with Gasteiger partial charge in [-0.2, -0.15) is 4.98 Å². The lowest BCUT2D eigenvalue weighted by Gasteiger charge is -1.84. The molecule has 0 unspecified atom stereocenters. The molecule has 66 valence electrons. The molecule has 1 aromatic heterocycles. The Labute approximate surface area is 76.8 Å². The molecule has 1 aromatic carbocycles. The summed E-state index contributed by atoms with van der Waals surface area (Å²) < 4.78 is 5.29. The Bertz CT molecular complexity index is 370. The molecule has 3 heteroatoms. The van der Waals surface area contributed by atoms with E-state index in [1.54, 1.807) is 7.05 Å². The van der Waals surface area contributed by atoms with Crippen molar-refractivity contribution in [3.05, 3.63) is 24.3 Å². The molecule has 0 saturated heterocycles. The zero-order chi connectivity index (χ0) is 9.68. The van der Waals surface area contributed by atoms with Gasteiger partial charge in [0, 0.05) is 7.05 Å². The molecule has 13 heavy (non-hydrogen) atoms. The lowest BCUT2D eigenvalue weighted by Crippen LogP contribution is -1.85. The maximum atomic E-state index is 5.29. The van der Waals surface area contributed by atoms with Crippen molar-refractivity contribution in [3.63, 3.8) is 0 Å². The van der Waals surface area contributed by atoms with Gasteiger partial charge in [-0.3, -0.25) is 0 Å². The van der Waals surface area contributed by atoms with Crippen molar-refractivity contribution >= 4 is 17.1 Å². The van der Waals surface area contributed by atoms with Crippen LogP contribution < -0.4 is 5.32 Å². The van der Waals surface area contributed by atoms with Crippen molar-refractivity contribution in [2.24, 2.45) is 0 Å². The summed E-state index contributed by atoms with van der Waals surface area (Å²) in [6.45, 7) is 0. The second kappa shape index (κ2) is 4.17. The van der Waals surface area contributed by atoms with Gasteiger partial charge in [0.15, 0.2) is 5.58 Å². The van der Waals surface area contributed by atoms with Gasteiger partial charge in [-0.05, 0) is 12.1 Å². The maximum absolute atomic E-state index is 5.29. The largest absolute Gasteiger partial charge is 0.424 e. The third-order valence-electron chi connectivity index (χ3n) is 1.51. The fourth-order valence-corrected chi connectivity index (χ4v) is 0.979. The predicted octanol–water partition coefficient (Wildman–Crippen LogP) is 2.12. The van der Waals surface area contributed by atoms with E-state index < -0.39 is 0 Å². The standard InChI is InChI=1S/C8H8N2O.C2H2/c1-9-8-10-6-4-2-3-5-7(6)11-8;1-2/h2-5H,1H3,(H,9,10);1-2H. The number of para-hydroxylation sites is 2. The highest BCUT2D eigenvalue weighted by atomic mass is 16.4. The molecule has 0 aliphatic carbocycles. The lowest BCUT2D eigenvalue weighted by atomic mass is 10.3. The van der Waals surface area contributed by atoms with Crippen LogP contribution in [0.5, 0.6) is 0 Å². The fourth-order valence-electron chi connectivity index (χ4n) is 0.979. The number of benzene rings is 1. The van der Waals surface area contributed by atoms with Gasteiger partial charge in [0.2, 0.25) is 0 Å². The molecule has 0 radical (unpaired) electrons. The highest BCUT2D eigenvalue weighted by molar-refractivity contribution is 5.73. The highest BCUT2D eigenvalue weighted by Gasteiger charge is 2.00. The topological polar surface area (TPSA) is 38.1 Å². The van der Waals surface area contributed by atoms with Crippen LogP contribution in [0.3, 0.4) is 0 Å². The summed E-state index contributed by atoms with van der Waals surface area (Å²) in [4.78, 5) is 4.15. The second-order valence-corrected chi connectivity index (χ2v) is 2.24. The lowest BCUT2D eigenvalue weighted by molar-refractivity contribution is 0.620. The van der Waals surface area contributed by atoms with E-state index in [-0.39, 0.29) is 0 Å².